The highest BCUT2D eigenvalue weighted by molar-refractivity contribution is 5.94. The summed E-state index contributed by atoms with van der Waals surface area (Å²) in [5.74, 6) is -0.243. The molecule has 3 heterocycles. The van der Waals surface area contributed by atoms with Crippen LogP contribution in [0.1, 0.15) is 86.6 Å². The number of pyridine rings is 1. The van der Waals surface area contributed by atoms with Crippen molar-refractivity contribution in [3.05, 3.63) is 47.7 Å². The summed E-state index contributed by atoms with van der Waals surface area (Å²) >= 11 is 0. The van der Waals surface area contributed by atoms with E-state index in [2.05, 4.69) is 23.5 Å². The second-order valence-corrected chi connectivity index (χ2v) is 11.9. The summed E-state index contributed by atoms with van der Waals surface area (Å²) in [4.78, 5) is 33.7. The van der Waals surface area contributed by atoms with Crippen LogP contribution in [0, 0.1) is 0 Å². The summed E-state index contributed by atoms with van der Waals surface area (Å²) in [6.07, 6.45) is 14.6. The third-order valence-electron chi connectivity index (χ3n) is 9.35. The minimum absolute atomic E-state index is 0.0551. The van der Waals surface area contributed by atoms with Crippen LogP contribution >= 0.6 is 0 Å². The van der Waals surface area contributed by atoms with Crippen LogP contribution in [0.5, 0.6) is 0 Å². The molecule has 2 saturated carbocycles. The quantitative estimate of drug-likeness (QED) is 0.615. The highest BCUT2D eigenvalue weighted by atomic mass is 16.3. The molecule has 2 aromatic rings. The molecule has 3 fully saturated rings. The van der Waals surface area contributed by atoms with E-state index in [1.165, 1.54) is 69.0 Å². The Hall–Kier alpha value is -2.93. The zero-order valence-corrected chi connectivity index (χ0v) is 22.4. The largest absolute Gasteiger partial charge is 0.385 e. The minimum atomic E-state index is -1.15. The number of amides is 2. The van der Waals surface area contributed by atoms with Gasteiger partial charge >= 0.3 is 0 Å². The monoisotopic (exact) mass is 516 g/mol. The number of nitrogens with zero attached hydrogens (tertiary/aromatic N) is 3. The van der Waals surface area contributed by atoms with E-state index < -0.39 is 5.60 Å². The van der Waals surface area contributed by atoms with E-state index in [0.717, 1.165) is 17.8 Å². The van der Waals surface area contributed by atoms with Crippen LogP contribution in [0.3, 0.4) is 0 Å². The SMILES string of the molecule is O=C(c1ccc(-c2ccc3c(c2)C2(CCCCCCCC2)CCN3)nc1)N1CCN(C(=O)C2(O)CC2)CC1. The van der Waals surface area contributed by atoms with Gasteiger partial charge in [-0.05, 0) is 67.3 Å². The van der Waals surface area contributed by atoms with Crippen molar-refractivity contribution in [2.24, 2.45) is 0 Å². The predicted octanol–water partition coefficient (Wildman–Crippen LogP) is 4.75. The topological polar surface area (TPSA) is 85.8 Å². The van der Waals surface area contributed by atoms with Gasteiger partial charge in [-0.15, -0.1) is 0 Å². The van der Waals surface area contributed by atoms with Gasteiger partial charge in [0, 0.05) is 50.2 Å². The van der Waals surface area contributed by atoms with Crippen LogP contribution < -0.4 is 5.32 Å². The molecule has 6 rings (SSSR count). The Morgan fingerprint density at radius 1 is 0.816 bits per heavy atom. The molecule has 4 aliphatic rings. The highest BCUT2D eigenvalue weighted by Gasteiger charge is 2.50. The number of benzene rings is 1. The van der Waals surface area contributed by atoms with Crippen molar-refractivity contribution in [2.75, 3.05) is 38.0 Å². The fourth-order valence-electron chi connectivity index (χ4n) is 6.76. The first kappa shape index (κ1) is 25.4. The maximum absolute atomic E-state index is 13.1. The minimum Gasteiger partial charge on any atom is -0.385 e. The second-order valence-electron chi connectivity index (χ2n) is 11.9. The predicted molar refractivity (Wildman–Crippen MR) is 148 cm³/mol. The van der Waals surface area contributed by atoms with E-state index in [1.807, 2.05) is 12.1 Å². The number of nitrogens with one attached hydrogen (secondary N) is 1. The molecule has 2 aliphatic carbocycles. The van der Waals surface area contributed by atoms with Gasteiger partial charge in [-0.3, -0.25) is 14.6 Å². The number of fused-ring (bicyclic) bond motifs is 2. The van der Waals surface area contributed by atoms with Crippen molar-refractivity contribution in [2.45, 2.75) is 81.6 Å². The average Bonchev–Trinajstić information content (AvgIpc) is 3.69. The number of aromatic nitrogens is 1. The molecule has 0 bridgehead atoms. The zero-order chi connectivity index (χ0) is 26.2. The number of anilines is 1. The standard InChI is InChI=1S/C31H40N4O3/c36-28(34-17-19-35(20-18-34)29(37)31(38)13-14-31)24-8-9-26(33-22-24)23-7-10-27-25(21-23)30(15-16-32-27)11-5-3-1-2-4-6-12-30/h7-10,21-22,32,38H,1-6,11-20H2. The number of rotatable bonds is 3. The summed E-state index contributed by atoms with van der Waals surface area (Å²) in [5, 5.41) is 13.7. The number of aliphatic hydroxyl groups is 1. The van der Waals surface area contributed by atoms with Gasteiger partial charge in [0.25, 0.3) is 11.8 Å². The van der Waals surface area contributed by atoms with Gasteiger partial charge < -0.3 is 20.2 Å². The van der Waals surface area contributed by atoms with Crippen LogP contribution in [0.15, 0.2) is 36.5 Å². The molecule has 1 spiro atoms. The van der Waals surface area contributed by atoms with E-state index in [-0.39, 0.29) is 17.2 Å². The van der Waals surface area contributed by atoms with Gasteiger partial charge in [0.05, 0.1) is 11.3 Å². The Bertz CT molecular complexity index is 1170. The smallest absolute Gasteiger partial charge is 0.255 e. The third kappa shape index (κ3) is 4.93. The molecular formula is C31H40N4O3. The van der Waals surface area contributed by atoms with Crippen LogP contribution in [-0.2, 0) is 10.2 Å². The molecule has 1 aromatic heterocycles. The highest BCUT2D eigenvalue weighted by Crippen LogP contribution is 2.46. The van der Waals surface area contributed by atoms with Gasteiger partial charge in [-0.2, -0.15) is 0 Å². The van der Waals surface area contributed by atoms with Crippen molar-refractivity contribution in [3.8, 4) is 11.3 Å². The first-order valence-electron chi connectivity index (χ1n) is 14.6. The molecule has 7 nitrogen and oxygen atoms in total. The Morgan fingerprint density at radius 2 is 1.50 bits per heavy atom. The fourth-order valence-corrected chi connectivity index (χ4v) is 6.76. The molecule has 38 heavy (non-hydrogen) atoms. The molecule has 0 atom stereocenters. The van der Waals surface area contributed by atoms with Crippen molar-refractivity contribution >= 4 is 17.5 Å². The molecule has 202 valence electrons. The van der Waals surface area contributed by atoms with Crippen molar-refractivity contribution in [1.82, 2.24) is 14.8 Å². The van der Waals surface area contributed by atoms with E-state index in [9.17, 15) is 14.7 Å². The normalized spacial score (nSPS) is 22.4. The molecule has 1 saturated heterocycles. The van der Waals surface area contributed by atoms with Gasteiger partial charge in [0.15, 0.2) is 0 Å². The van der Waals surface area contributed by atoms with E-state index in [4.69, 9.17) is 4.98 Å². The number of hydrogen-bond donors (Lipinski definition) is 2. The second kappa shape index (κ2) is 10.3. The average molecular weight is 517 g/mol. The summed E-state index contributed by atoms with van der Waals surface area (Å²) < 4.78 is 0. The van der Waals surface area contributed by atoms with Gasteiger partial charge in [-0.1, -0.05) is 44.6 Å². The lowest BCUT2D eigenvalue weighted by Gasteiger charge is -2.40. The van der Waals surface area contributed by atoms with Crippen LogP contribution in [0.4, 0.5) is 5.69 Å². The fraction of sp³-hybridized carbons (Fsp3) is 0.581. The number of piperazine rings is 1. The molecule has 2 N–H and O–H groups in total. The molecule has 2 amide bonds. The summed E-state index contributed by atoms with van der Waals surface area (Å²) in [7, 11) is 0. The molecule has 1 aromatic carbocycles. The summed E-state index contributed by atoms with van der Waals surface area (Å²) in [5.41, 5.74) is 4.41. The summed E-state index contributed by atoms with van der Waals surface area (Å²) in [6, 6.07) is 10.6. The lowest BCUT2D eigenvalue weighted by molar-refractivity contribution is -0.143. The van der Waals surface area contributed by atoms with Crippen LogP contribution in [-0.4, -0.2) is 70.0 Å². The summed E-state index contributed by atoms with van der Waals surface area (Å²) in [6.45, 7) is 2.92. The maximum Gasteiger partial charge on any atom is 0.255 e. The number of carbonyl (C=O) groups is 2. The molecular weight excluding hydrogens is 476 g/mol. The molecule has 0 unspecified atom stereocenters. The molecule has 0 radical (unpaired) electrons. The van der Waals surface area contributed by atoms with Gasteiger partial charge in [-0.25, -0.2) is 0 Å². The van der Waals surface area contributed by atoms with Gasteiger partial charge in [0.1, 0.15) is 5.60 Å². The van der Waals surface area contributed by atoms with Crippen molar-refractivity contribution in [1.29, 1.82) is 0 Å². The number of carbonyl (C=O) groups excluding carboxylic acids is 2. The van der Waals surface area contributed by atoms with Gasteiger partial charge in [0.2, 0.25) is 0 Å². The van der Waals surface area contributed by atoms with Crippen LogP contribution in [0.25, 0.3) is 11.3 Å². The molecule has 7 heteroatoms. The molecule has 2 aliphatic heterocycles. The third-order valence-corrected chi connectivity index (χ3v) is 9.35. The maximum atomic E-state index is 13.1. The van der Waals surface area contributed by atoms with E-state index >= 15 is 0 Å². The Morgan fingerprint density at radius 3 is 2.16 bits per heavy atom. The van der Waals surface area contributed by atoms with Crippen molar-refractivity contribution < 1.29 is 14.7 Å². The number of hydrogen-bond acceptors (Lipinski definition) is 5. The lowest BCUT2D eigenvalue weighted by atomic mass is 9.68. The first-order chi connectivity index (χ1) is 18.5. The Labute approximate surface area is 225 Å². The van der Waals surface area contributed by atoms with E-state index in [0.29, 0.717) is 44.6 Å². The van der Waals surface area contributed by atoms with Crippen molar-refractivity contribution in [3.63, 3.8) is 0 Å². The van der Waals surface area contributed by atoms with Crippen LogP contribution in [0.2, 0.25) is 0 Å². The Kier molecular flexibility index (Phi) is 6.89. The Balaban J connectivity index is 1.16. The zero-order valence-electron chi connectivity index (χ0n) is 22.4. The first-order valence-corrected chi connectivity index (χ1v) is 14.6. The lowest BCUT2D eigenvalue weighted by Crippen LogP contribution is -2.53. The van der Waals surface area contributed by atoms with E-state index in [1.54, 1.807) is 16.0 Å².